The van der Waals surface area contributed by atoms with E-state index in [4.69, 9.17) is 21.1 Å². The van der Waals surface area contributed by atoms with Crippen LogP contribution in [0.25, 0.3) is 11.0 Å². The number of nitrogens with one attached hydrogen (secondary N) is 2. The van der Waals surface area contributed by atoms with E-state index in [1.165, 1.54) is 18.5 Å². The number of alkyl halides is 2. The van der Waals surface area contributed by atoms with E-state index < -0.39 is 11.7 Å². The van der Waals surface area contributed by atoms with Crippen LogP contribution >= 0.6 is 11.6 Å². The highest BCUT2D eigenvalue weighted by molar-refractivity contribution is 6.32. The maximum Gasteiger partial charge on any atom is 0.248 e. The summed E-state index contributed by atoms with van der Waals surface area (Å²) in [6, 6.07) is 6.43. The molecule has 3 aromatic rings. The Morgan fingerprint density at radius 3 is 2.79 bits per heavy atom. The van der Waals surface area contributed by atoms with Crippen LogP contribution in [0.1, 0.15) is 19.3 Å². The molecule has 1 aliphatic carbocycles. The maximum absolute atomic E-state index is 15.0. The van der Waals surface area contributed by atoms with E-state index >= 15 is 0 Å². The van der Waals surface area contributed by atoms with Gasteiger partial charge in [0.1, 0.15) is 28.7 Å². The number of nitrogens with zero attached hydrogens (tertiary/aromatic N) is 3. The summed E-state index contributed by atoms with van der Waals surface area (Å²) in [6.07, 6.45) is 1.80. The molecule has 174 valence electrons. The fraction of sp³-hybridized carbons (Fsp3) is 0.409. The molecule has 0 unspecified atom stereocenters. The summed E-state index contributed by atoms with van der Waals surface area (Å²) in [7, 11) is 0. The third-order valence-corrected chi connectivity index (χ3v) is 6.06. The van der Waals surface area contributed by atoms with Crippen molar-refractivity contribution in [3.63, 3.8) is 0 Å². The van der Waals surface area contributed by atoms with Gasteiger partial charge in [-0.3, -0.25) is 0 Å². The molecular weight excluding hydrogens is 459 g/mol. The van der Waals surface area contributed by atoms with Crippen LogP contribution in [-0.2, 0) is 0 Å². The van der Waals surface area contributed by atoms with Crippen LogP contribution in [0, 0.1) is 11.7 Å². The Labute approximate surface area is 192 Å². The Bertz CT molecular complexity index is 1170. The molecule has 0 bridgehead atoms. The van der Waals surface area contributed by atoms with Crippen LogP contribution in [0.5, 0.6) is 11.6 Å². The van der Waals surface area contributed by atoms with E-state index in [0.717, 1.165) is 19.5 Å². The molecule has 2 aromatic heterocycles. The molecule has 5 rings (SSSR count). The summed E-state index contributed by atoms with van der Waals surface area (Å²) in [6.45, 7) is 1.69. The second-order valence-electron chi connectivity index (χ2n) is 8.28. The SMILES string of the molecule is Fc1c(Nc2ncnc3ccc(O[C@H]4CCNC4)nc23)ccc(OCC2CC(F)(F)C2)c1Cl. The van der Waals surface area contributed by atoms with Crippen molar-refractivity contribution in [3.05, 3.63) is 41.4 Å². The highest BCUT2D eigenvalue weighted by atomic mass is 35.5. The molecule has 1 saturated carbocycles. The van der Waals surface area contributed by atoms with Crippen molar-refractivity contribution >= 4 is 34.1 Å². The fourth-order valence-electron chi connectivity index (χ4n) is 3.96. The lowest BCUT2D eigenvalue weighted by Gasteiger charge is -2.34. The lowest BCUT2D eigenvalue weighted by molar-refractivity contribution is -0.119. The molecule has 0 amide bonds. The van der Waals surface area contributed by atoms with Gasteiger partial charge in [-0.1, -0.05) is 11.6 Å². The van der Waals surface area contributed by atoms with Crippen molar-refractivity contribution in [2.45, 2.75) is 31.3 Å². The van der Waals surface area contributed by atoms with Crippen molar-refractivity contribution in [2.75, 3.05) is 25.0 Å². The van der Waals surface area contributed by atoms with Gasteiger partial charge in [0.05, 0.1) is 17.8 Å². The van der Waals surface area contributed by atoms with E-state index in [9.17, 15) is 13.2 Å². The lowest BCUT2D eigenvalue weighted by Crippen LogP contribution is -2.38. The number of fused-ring (bicyclic) bond motifs is 1. The Morgan fingerprint density at radius 2 is 2.03 bits per heavy atom. The highest BCUT2D eigenvalue weighted by Gasteiger charge is 2.45. The standard InChI is InChI=1S/C22H21ClF3N5O2/c23-18-16(32-10-12-7-22(25,26)8-12)3-1-14(19(18)24)30-21-20-15(28-11-29-21)2-4-17(31-20)33-13-5-6-27-9-13/h1-4,11-13,27H,5-10H2,(H,28,29,30)/t13-/m0/s1. The number of hydrogen-bond acceptors (Lipinski definition) is 7. The van der Waals surface area contributed by atoms with Crippen molar-refractivity contribution in [2.24, 2.45) is 5.92 Å². The van der Waals surface area contributed by atoms with E-state index in [-0.39, 0.29) is 53.7 Å². The number of ether oxygens (including phenoxy) is 2. The molecular formula is C22H21ClF3N5O2. The van der Waals surface area contributed by atoms with Crippen molar-refractivity contribution in [1.29, 1.82) is 0 Å². The first-order chi connectivity index (χ1) is 15.9. The molecule has 1 aliphatic heterocycles. The smallest absolute Gasteiger partial charge is 0.248 e. The van der Waals surface area contributed by atoms with Gasteiger partial charge < -0.3 is 20.1 Å². The first kappa shape index (κ1) is 22.0. The highest BCUT2D eigenvalue weighted by Crippen LogP contribution is 2.43. The minimum Gasteiger partial charge on any atom is -0.492 e. The Hall–Kier alpha value is -2.85. The number of rotatable bonds is 7. The third kappa shape index (κ3) is 4.77. The van der Waals surface area contributed by atoms with Gasteiger partial charge in [0.2, 0.25) is 11.8 Å². The van der Waals surface area contributed by atoms with Gasteiger partial charge in [0.15, 0.2) is 11.6 Å². The van der Waals surface area contributed by atoms with Crippen molar-refractivity contribution in [1.82, 2.24) is 20.3 Å². The molecule has 7 nitrogen and oxygen atoms in total. The summed E-state index contributed by atoms with van der Waals surface area (Å²) >= 11 is 6.14. The molecule has 2 fully saturated rings. The first-order valence-electron chi connectivity index (χ1n) is 10.6. The van der Waals surface area contributed by atoms with Crippen LogP contribution < -0.4 is 20.1 Å². The predicted octanol–water partition coefficient (Wildman–Crippen LogP) is 4.73. The molecule has 0 spiro atoms. The molecule has 0 radical (unpaired) electrons. The van der Waals surface area contributed by atoms with Gasteiger partial charge in [-0.05, 0) is 31.2 Å². The van der Waals surface area contributed by atoms with E-state index in [1.54, 1.807) is 12.1 Å². The van der Waals surface area contributed by atoms with Crippen LogP contribution in [0.15, 0.2) is 30.6 Å². The topological polar surface area (TPSA) is 81.2 Å². The summed E-state index contributed by atoms with van der Waals surface area (Å²) < 4.78 is 52.3. The molecule has 11 heteroatoms. The number of hydrogen-bond donors (Lipinski definition) is 2. The Balaban J connectivity index is 1.33. The number of pyridine rings is 1. The minimum atomic E-state index is -2.63. The van der Waals surface area contributed by atoms with Crippen molar-refractivity contribution in [3.8, 4) is 11.6 Å². The lowest BCUT2D eigenvalue weighted by atomic mass is 9.82. The van der Waals surface area contributed by atoms with E-state index in [2.05, 4.69) is 25.6 Å². The van der Waals surface area contributed by atoms with Gasteiger partial charge >= 0.3 is 0 Å². The third-order valence-electron chi connectivity index (χ3n) is 5.71. The number of halogens is 4. The summed E-state index contributed by atoms with van der Waals surface area (Å²) in [5.74, 6) is -2.84. The van der Waals surface area contributed by atoms with Crippen LogP contribution in [0.4, 0.5) is 24.7 Å². The zero-order valence-corrected chi connectivity index (χ0v) is 18.2. The Morgan fingerprint density at radius 1 is 1.18 bits per heavy atom. The Kier molecular flexibility index (Phi) is 5.88. The molecule has 33 heavy (non-hydrogen) atoms. The zero-order chi connectivity index (χ0) is 23.0. The molecule has 2 aliphatic rings. The molecule has 1 atom stereocenters. The normalized spacial score (nSPS) is 19.9. The summed E-state index contributed by atoms with van der Waals surface area (Å²) in [4.78, 5) is 12.9. The van der Waals surface area contributed by atoms with Gasteiger partial charge in [-0.15, -0.1) is 0 Å². The maximum atomic E-state index is 15.0. The van der Waals surface area contributed by atoms with E-state index in [0.29, 0.717) is 16.9 Å². The largest absolute Gasteiger partial charge is 0.492 e. The fourth-order valence-corrected chi connectivity index (χ4v) is 4.18. The average Bonchev–Trinajstić information content (AvgIpc) is 3.28. The second kappa shape index (κ2) is 8.83. The first-order valence-corrected chi connectivity index (χ1v) is 11.0. The van der Waals surface area contributed by atoms with E-state index in [1.807, 2.05) is 0 Å². The molecule has 2 N–H and O–H groups in total. The number of anilines is 2. The number of aromatic nitrogens is 3. The molecule has 1 saturated heterocycles. The predicted molar refractivity (Wildman–Crippen MR) is 117 cm³/mol. The second-order valence-corrected chi connectivity index (χ2v) is 8.66. The van der Waals surface area contributed by atoms with Crippen LogP contribution in [-0.4, -0.2) is 46.7 Å². The zero-order valence-electron chi connectivity index (χ0n) is 17.5. The van der Waals surface area contributed by atoms with Crippen LogP contribution in [0.2, 0.25) is 5.02 Å². The minimum absolute atomic E-state index is 0.0333. The van der Waals surface area contributed by atoms with Gasteiger partial charge in [0, 0.05) is 31.4 Å². The summed E-state index contributed by atoms with van der Waals surface area (Å²) in [5.41, 5.74) is 1.05. The molecule has 1 aromatic carbocycles. The monoisotopic (exact) mass is 479 g/mol. The average molecular weight is 480 g/mol. The molecule has 3 heterocycles. The number of benzene rings is 1. The quantitative estimate of drug-likeness (QED) is 0.507. The van der Waals surface area contributed by atoms with Gasteiger partial charge in [0.25, 0.3) is 0 Å². The summed E-state index contributed by atoms with van der Waals surface area (Å²) in [5, 5.41) is 5.89. The van der Waals surface area contributed by atoms with Gasteiger partial charge in [-0.2, -0.15) is 0 Å². The van der Waals surface area contributed by atoms with Crippen LogP contribution in [0.3, 0.4) is 0 Å². The van der Waals surface area contributed by atoms with Crippen molar-refractivity contribution < 1.29 is 22.6 Å². The van der Waals surface area contributed by atoms with Gasteiger partial charge in [-0.25, -0.2) is 28.1 Å².